The number of ether oxygens (including phenoxy) is 1. The van der Waals surface area contributed by atoms with Crippen LogP contribution >= 0.6 is 0 Å². The van der Waals surface area contributed by atoms with Gasteiger partial charge >= 0.3 is 5.97 Å². The minimum absolute atomic E-state index is 0.00225. The second kappa shape index (κ2) is 10.4. The predicted molar refractivity (Wildman–Crippen MR) is 120 cm³/mol. The van der Waals surface area contributed by atoms with Crippen molar-refractivity contribution in [1.82, 2.24) is 10.6 Å². The number of amides is 1. The van der Waals surface area contributed by atoms with Crippen LogP contribution < -0.4 is 15.4 Å². The fourth-order valence-corrected chi connectivity index (χ4v) is 4.14. The number of carbonyl (C=O) groups is 2. The zero-order chi connectivity index (χ0) is 22.3. The van der Waals surface area contributed by atoms with Gasteiger partial charge in [-0.15, -0.1) is 0 Å². The van der Waals surface area contributed by atoms with Crippen LogP contribution in [0.3, 0.4) is 0 Å². The lowest BCUT2D eigenvalue weighted by Crippen LogP contribution is -2.59. The Bertz CT molecular complexity index is 889. The lowest BCUT2D eigenvalue weighted by molar-refractivity contribution is -0.129. The summed E-state index contributed by atoms with van der Waals surface area (Å²) in [4.78, 5) is 24.3. The number of carboxylic acid groups (broad SMARTS) is 1. The number of hydrogen-bond donors (Lipinski definition) is 3. The number of rotatable bonds is 9. The maximum absolute atomic E-state index is 13.3. The minimum Gasteiger partial charge on any atom is -0.492 e. The zero-order valence-electron chi connectivity index (χ0n) is 18.3. The van der Waals surface area contributed by atoms with Crippen LogP contribution in [0.1, 0.15) is 66.6 Å². The van der Waals surface area contributed by atoms with E-state index in [0.717, 1.165) is 49.0 Å². The fourth-order valence-electron chi connectivity index (χ4n) is 4.14. The molecule has 2 aromatic carbocycles. The molecule has 0 heterocycles. The maximum atomic E-state index is 13.3. The second-order valence-corrected chi connectivity index (χ2v) is 8.36. The second-order valence-electron chi connectivity index (χ2n) is 8.36. The molecule has 0 radical (unpaired) electrons. The summed E-state index contributed by atoms with van der Waals surface area (Å²) in [5.74, 6) is -0.124. The van der Waals surface area contributed by atoms with E-state index in [1.807, 2.05) is 38.1 Å². The van der Waals surface area contributed by atoms with Crippen molar-refractivity contribution in [2.24, 2.45) is 0 Å². The molecule has 0 spiro atoms. The number of hydrogen-bond acceptors (Lipinski definition) is 4. The smallest absolute Gasteiger partial charge is 0.335 e. The van der Waals surface area contributed by atoms with Crippen LogP contribution in [0.5, 0.6) is 5.75 Å². The number of carbonyl (C=O) groups excluding carboxylic acids is 1. The van der Waals surface area contributed by atoms with Crippen LogP contribution in [0.25, 0.3) is 0 Å². The van der Waals surface area contributed by atoms with E-state index in [-0.39, 0.29) is 17.5 Å². The summed E-state index contributed by atoms with van der Waals surface area (Å²) in [6.07, 6.45) is 4.77. The third kappa shape index (κ3) is 6.07. The number of carboxylic acids is 1. The van der Waals surface area contributed by atoms with Gasteiger partial charge in [-0.05, 0) is 62.1 Å². The van der Waals surface area contributed by atoms with E-state index in [2.05, 4.69) is 10.6 Å². The van der Waals surface area contributed by atoms with Crippen molar-refractivity contribution >= 4 is 11.9 Å². The van der Waals surface area contributed by atoms with Crippen LogP contribution in [0.15, 0.2) is 48.5 Å². The van der Waals surface area contributed by atoms with E-state index in [0.29, 0.717) is 13.2 Å². The van der Waals surface area contributed by atoms with Crippen molar-refractivity contribution in [3.05, 3.63) is 65.2 Å². The van der Waals surface area contributed by atoms with E-state index in [4.69, 9.17) is 9.84 Å². The van der Waals surface area contributed by atoms with E-state index in [1.54, 1.807) is 24.3 Å². The number of benzene rings is 2. The first-order valence-electron chi connectivity index (χ1n) is 11.0. The van der Waals surface area contributed by atoms with Gasteiger partial charge in [0, 0.05) is 6.54 Å². The third-order valence-electron chi connectivity index (χ3n) is 5.97. The Hall–Kier alpha value is -2.86. The van der Waals surface area contributed by atoms with Crippen molar-refractivity contribution < 1.29 is 19.4 Å². The molecule has 0 saturated heterocycles. The molecule has 1 atom stereocenters. The monoisotopic (exact) mass is 424 g/mol. The Morgan fingerprint density at radius 1 is 1.10 bits per heavy atom. The summed E-state index contributed by atoms with van der Waals surface area (Å²) in [5.41, 5.74) is 1.68. The highest BCUT2D eigenvalue weighted by molar-refractivity contribution is 5.88. The van der Waals surface area contributed by atoms with Crippen LogP contribution in [-0.4, -0.2) is 35.7 Å². The summed E-state index contributed by atoms with van der Waals surface area (Å²) in [5, 5.41) is 15.7. The Morgan fingerprint density at radius 2 is 1.81 bits per heavy atom. The van der Waals surface area contributed by atoms with Gasteiger partial charge in [0.1, 0.15) is 12.4 Å². The lowest BCUT2D eigenvalue weighted by atomic mass is 9.80. The molecule has 1 aliphatic carbocycles. The normalized spacial score (nSPS) is 16.3. The molecule has 1 unspecified atom stereocenters. The highest BCUT2D eigenvalue weighted by atomic mass is 16.5. The molecule has 0 bridgehead atoms. The molecular formula is C25H32N2O4. The maximum Gasteiger partial charge on any atom is 0.335 e. The minimum atomic E-state index is -0.957. The van der Waals surface area contributed by atoms with Gasteiger partial charge in [-0.3, -0.25) is 10.1 Å². The number of nitrogens with one attached hydrogen (secondary N) is 2. The summed E-state index contributed by atoms with van der Waals surface area (Å²) in [7, 11) is 0. The van der Waals surface area contributed by atoms with Crippen LogP contribution in [0, 0.1) is 6.92 Å². The Kier molecular flexibility index (Phi) is 7.69. The Balaban J connectivity index is 1.59. The first kappa shape index (κ1) is 22.8. The molecule has 166 valence electrons. The van der Waals surface area contributed by atoms with Crippen LogP contribution in [-0.2, 0) is 4.79 Å². The van der Waals surface area contributed by atoms with Crippen molar-refractivity contribution in [3.63, 3.8) is 0 Å². The van der Waals surface area contributed by atoms with Gasteiger partial charge in [-0.2, -0.15) is 0 Å². The van der Waals surface area contributed by atoms with Crippen molar-refractivity contribution in [3.8, 4) is 5.75 Å². The molecule has 0 aromatic heterocycles. The first-order valence-corrected chi connectivity index (χ1v) is 11.0. The number of aryl methyl sites for hydroxylation is 1. The summed E-state index contributed by atoms with van der Waals surface area (Å²) in [6, 6.07) is 14.4. The Morgan fingerprint density at radius 3 is 2.45 bits per heavy atom. The van der Waals surface area contributed by atoms with Crippen molar-refractivity contribution in [1.29, 1.82) is 0 Å². The summed E-state index contributed by atoms with van der Waals surface area (Å²) >= 11 is 0. The molecule has 2 aromatic rings. The molecular weight excluding hydrogens is 392 g/mol. The number of aromatic carboxylic acids is 1. The molecule has 6 nitrogen and oxygen atoms in total. The quantitative estimate of drug-likeness (QED) is 0.524. The molecule has 1 amide bonds. The average molecular weight is 425 g/mol. The first-order chi connectivity index (χ1) is 14.9. The standard InChI is InChI=1S/C25H32N2O4/c1-18-7-6-8-22(17-18)31-16-15-26-25(13-4-3-5-14-25)24(30)27-19(2)20-9-11-21(12-10-20)23(28)29/h6-12,17,19,26H,3-5,13-16H2,1-2H3,(H,27,30)(H,28,29). The molecule has 1 saturated carbocycles. The summed E-state index contributed by atoms with van der Waals surface area (Å²) in [6.45, 7) is 5.03. The summed E-state index contributed by atoms with van der Waals surface area (Å²) < 4.78 is 5.84. The van der Waals surface area contributed by atoms with Gasteiger partial charge in [0.05, 0.1) is 17.1 Å². The molecule has 1 aliphatic rings. The van der Waals surface area contributed by atoms with Gasteiger partial charge in [-0.1, -0.05) is 43.5 Å². The molecule has 3 rings (SSSR count). The fraction of sp³-hybridized carbons (Fsp3) is 0.440. The molecule has 0 aliphatic heterocycles. The molecule has 3 N–H and O–H groups in total. The van der Waals surface area contributed by atoms with Gasteiger partial charge in [0.25, 0.3) is 0 Å². The largest absolute Gasteiger partial charge is 0.492 e. The van der Waals surface area contributed by atoms with E-state index < -0.39 is 11.5 Å². The Labute approximate surface area is 184 Å². The van der Waals surface area contributed by atoms with Gasteiger partial charge in [0.2, 0.25) is 5.91 Å². The molecule has 6 heteroatoms. The molecule has 31 heavy (non-hydrogen) atoms. The van der Waals surface area contributed by atoms with Crippen molar-refractivity contribution in [2.45, 2.75) is 57.5 Å². The lowest BCUT2D eigenvalue weighted by Gasteiger charge is -2.37. The third-order valence-corrected chi connectivity index (χ3v) is 5.97. The topological polar surface area (TPSA) is 87.7 Å². The van der Waals surface area contributed by atoms with Gasteiger partial charge in [-0.25, -0.2) is 4.79 Å². The SMILES string of the molecule is Cc1cccc(OCCNC2(C(=O)NC(C)c3ccc(C(=O)O)cc3)CCCCC2)c1. The molecule has 1 fully saturated rings. The average Bonchev–Trinajstić information content (AvgIpc) is 2.77. The van der Waals surface area contributed by atoms with E-state index >= 15 is 0 Å². The van der Waals surface area contributed by atoms with Crippen LogP contribution in [0.2, 0.25) is 0 Å². The van der Waals surface area contributed by atoms with Crippen LogP contribution in [0.4, 0.5) is 0 Å². The van der Waals surface area contributed by atoms with Gasteiger partial charge < -0.3 is 15.2 Å². The highest BCUT2D eigenvalue weighted by Gasteiger charge is 2.39. The predicted octanol–water partition coefficient (Wildman–Crippen LogP) is 4.24. The zero-order valence-corrected chi connectivity index (χ0v) is 18.3. The van der Waals surface area contributed by atoms with E-state index in [9.17, 15) is 9.59 Å². The van der Waals surface area contributed by atoms with Gasteiger partial charge in [0.15, 0.2) is 0 Å². The van der Waals surface area contributed by atoms with Crippen molar-refractivity contribution in [2.75, 3.05) is 13.2 Å². The van der Waals surface area contributed by atoms with E-state index in [1.165, 1.54) is 0 Å². The highest BCUT2D eigenvalue weighted by Crippen LogP contribution is 2.29.